The molecule has 0 bridgehead atoms. The highest BCUT2D eigenvalue weighted by atomic mass is 32.1. The van der Waals surface area contributed by atoms with Crippen molar-refractivity contribution >= 4 is 33.2 Å². The third-order valence-electron chi connectivity index (χ3n) is 4.92. The number of aromatic carboxylic acids is 1. The van der Waals surface area contributed by atoms with Gasteiger partial charge in [0.15, 0.2) is 0 Å². The number of carbonyl (C=O) groups is 1. The maximum Gasteiger partial charge on any atom is 0.343 e. The van der Waals surface area contributed by atoms with Crippen molar-refractivity contribution in [1.29, 1.82) is 0 Å². The molecule has 4 rings (SSSR count). The lowest BCUT2D eigenvalue weighted by Crippen LogP contribution is -2.07. The lowest BCUT2D eigenvalue weighted by molar-refractivity contribution is 0.0689. The predicted octanol–water partition coefficient (Wildman–Crippen LogP) is 4.73. The van der Waals surface area contributed by atoms with Gasteiger partial charge in [-0.2, -0.15) is 0 Å². The number of carboxylic acid groups (broad SMARTS) is 1. The Labute approximate surface area is 183 Å². The first kappa shape index (κ1) is 20.6. The summed E-state index contributed by atoms with van der Waals surface area (Å²) in [5, 5.41) is 16.1. The molecule has 158 valence electrons. The zero-order chi connectivity index (χ0) is 21.8. The molecule has 0 aliphatic rings. The SMILES string of the molecule is COc1cc(-c2cc(NCCc3ccc4sccc4c3)ncn2)cc(OC)c1C(=O)O. The highest BCUT2D eigenvalue weighted by Gasteiger charge is 2.20. The quantitative estimate of drug-likeness (QED) is 0.413. The van der Waals surface area contributed by atoms with Crippen molar-refractivity contribution in [1.82, 2.24) is 9.97 Å². The van der Waals surface area contributed by atoms with Crippen molar-refractivity contribution in [2.24, 2.45) is 0 Å². The van der Waals surface area contributed by atoms with E-state index in [1.54, 1.807) is 23.5 Å². The number of thiophene rings is 1. The van der Waals surface area contributed by atoms with Gasteiger partial charge in [0.2, 0.25) is 0 Å². The Bertz CT molecular complexity index is 1210. The standard InChI is InChI=1S/C23H21N3O4S/c1-29-18-10-16(11-19(30-2)22(18)23(27)28)17-12-21(26-13-25-17)24-7-5-14-3-4-20-15(9-14)6-8-31-20/h3-4,6,8-13H,5,7H2,1-2H3,(H,27,28)(H,24,25,26). The number of carboxylic acids is 1. The summed E-state index contributed by atoms with van der Waals surface area (Å²) < 4.78 is 11.8. The zero-order valence-electron chi connectivity index (χ0n) is 17.1. The number of anilines is 1. The first-order valence-corrected chi connectivity index (χ1v) is 10.5. The lowest BCUT2D eigenvalue weighted by atomic mass is 10.1. The molecule has 31 heavy (non-hydrogen) atoms. The Morgan fingerprint density at radius 2 is 1.84 bits per heavy atom. The second-order valence-electron chi connectivity index (χ2n) is 6.82. The second-order valence-corrected chi connectivity index (χ2v) is 7.77. The Kier molecular flexibility index (Phi) is 5.99. The minimum atomic E-state index is -1.12. The van der Waals surface area contributed by atoms with Gasteiger partial charge >= 0.3 is 5.97 Å². The number of fused-ring (bicyclic) bond motifs is 1. The molecular formula is C23H21N3O4S. The molecule has 0 aliphatic heterocycles. The molecule has 0 atom stereocenters. The number of aromatic nitrogens is 2. The number of nitrogens with one attached hydrogen (secondary N) is 1. The molecule has 0 amide bonds. The van der Waals surface area contributed by atoms with Crippen LogP contribution in [0.25, 0.3) is 21.3 Å². The van der Waals surface area contributed by atoms with E-state index in [4.69, 9.17) is 9.47 Å². The molecule has 2 aromatic carbocycles. The Balaban J connectivity index is 1.52. The highest BCUT2D eigenvalue weighted by Crippen LogP contribution is 2.34. The van der Waals surface area contributed by atoms with Crippen molar-refractivity contribution in [3.8, 4) is 22.8 Å². The molecule has 0 unspecified atom stereocenters. The zero-order valence-corrected chi connectivity index (χ0v) is 17.9. The van der Waals surface area contributed by atoms with Gasteiger partial charge in [-0.15, -0.1) is 11.3 Å². The third-order valence-corrected chi connectivity index (χ3v) is 5.82. The van der Waals surface area contributed by atoms with E-state index in [-0.39, 0.29) is 17.1 Å². The smallest absolute Gasteiger partial charge is 0.343 e. The maximum absolute atomic E-state index is 11.6. The van der Waals surface area contributed by atoms with Crippen LogP contribution < -0.4 is 14.8 Å². The predicted molar refractivity (Wildman–Crippen MR) is 122 cm³/mol. The van der Waals surface area contributed by atoms with Crippen LogP contribution in [0.5, 0.6) is 11.5 Å². The van der Waals surface area contributed by atoms with Gasteiger partial charge < -0.3 is 19.9 Å². The fourth-order valence-corrected chi connectivity index (χ4v) is 4.16. The highest BCUT2D eigenvalue weighted by molar-refractivity contribution is 7.17. The van der Waals surface area contributed by atoms with Crippen molar-refractivity contribution in [3.63, 3.8) is 0 Å². The van der Waals surface area contributed by atoms with Crippen LogP contribution in [0.15, 0.2) is 54.2 Å². The van der Waals surface area contributed by atoms with Crippen LogP contribution in [0.1, 0.15) is 15.9 Å². The molecule has 0 saturated carbocycles. The summed E-state index contributed by atoms with van der Waals surface area (Å²) in [6.07, 6.45) is 2.33. The molecule has 8 heteroatoms. The Hall–Kier alpha value is -3.65. The van der Waals surface area contributed by atoms with Gasteiger partial charge in [-0.25, -0.2) is 14.8 Å². The van der Waals surface area contributed by atoms with E-state index in [1.165, 1.54) is 36.2 Å². The molecule has 7 nitrogen and oxygen atoms in total. The summed E-state index contributed by atoms with van der Waals surface area (Å²) in [5.41, 5.74) is 2.54. The molecule has 2 heterocycles. The number of hydrogen-bond acceptors (Lipinski definition) is 7. The first-order valence-electron chi connectivity index (χ1n) is 9.61. The summed E-state index contributed by atoms with van der Waals surface area (Å²) >= 11 is 1.74. The van der Waals surface area contributed by atoms with Gasteiger partial charge in [0.25, 0.3) is 0 Å². The molecule has 0 saturated heterocycles. The average molecular weight is 436 g/mol. The van der Waals surface area contributed by atoms with Crippen molar-refractivity contribution in [2.75, 3.05) is 26.1 Å². The van der Waals surface area contributed by atoms with Gasteiger partial charge in [0.1, 0.15) is 29.2 Å². The molecule has 2 N–H and O–H groups in total. The topological polar surface area (TPSA) is 93.6 Å². The third kappa shape index (κ3) is 4.44. The average Bonchev–Trinajstić information content (AvgIpc) is 3.26. The van der Waals surface area contributed by atoms with Crippen LogP contribution in [-0.4, -0.2) is 41.8 Å². The normalized spacial score (nSPS) is 10.8. The van der Waals surface area contributed by atoms with E-state index in [0.717, 1.165) is 13.0 Å². The maximum atomic E-state index is 11.6. The lowest BCUT2D eigenvalue weighted by Gasteiger charge is -2.13. The van der Waals surface area contributed by atoms with Crippen LogP contribution in [0.2, 0.25) is 0 Å². The van der Waals surface area contributed by atoms with Crippen LogP contribution in [0, 0.1) is 0 Å². The fraction of sp³-hybridized carbons (Fsp3) is 0.174. The summed E-state index contributed by atoms with van der Waals surface area (Å²) in [4.78, 5) is 20.2. The molecular weight excluding hydrogens is 414 g/mol. The molecule has 0 aliphatic carbocycles. The Morgan fingerprint density at radius 3 is 2.55 bits per heavy atom. The van der Waals surface area contributed by atoms with Crippen molar-refractivity contribution < 1.29 is 19.4 Å². The minimum Gasteiger partial charge on any atom is -0.496 e. The number of rotatable bonds is 8. The molecule has 2 aromatic heterocycles. The van der Waals surface area contributed by atoms with Crippen LogP contribution in [0.4, 0.5) is 5.82 Å². The summed E-state index contributed by atoms with van der Waals surface area (Å²) in [5.74, 6) is -0.0228. The van der Waals surface area contributed by atoms with Gasteiger partial charge in [0, 0.05) is 22.9 Å². The Morgan fingerprint density at radius 1 is 1.06 bits per heavy atom. The van der Waals surface area contributed by atoms with E-state index in [2.05, 4.69) is 44.9 Å². The number of ether oxygens (including phenoxy) is 2. The fourth-order valence-electron chi connectivity index (χ4n) is 3.39. The van der Waals surface area contributed by atoms with Gasteiger partial charge in [-0.05, 0) is 47.0 Å². The second kappa shape index (κ2) is 9.01. The van der Waals surface area contributed by atoms with E-state index in [9.17, 15) is 9.90 Å². The number of benzene rings is 2. The van der Waals surface area contributed by atoms with Gasteiger partial charge in [-0.3, -0.25) is 0 Å². The largest absolute Gasteiger partial charge is 0.496 e. The van der Waals surface area contributed by atoms with Crippen LogP contribution in [-0.2, 0) is 6.42 Å². The number of methoxy groups -OCH3 is 2. The van der Waals surface area contributed by atoms with Crippen molar-refractivity contribution in [3.05, 3.63) is 65.3 Å². The molecule has 0 spiro atoms. The van der Waals surface area contributed by atoms with E-state index in [1.807, 2.05) is 6.07 Å². The summed E-state index contributed by atoms with van der Waals surface area (Å²) in [7, 11) is 2.84. The van der Waals surface area contributed by atoms with Crippen LogP contribution >= 0.6 is 11.3 Å². The number of hydrogen-bond donors (Lipinski definition) is 2. The van der Waals surface area contributed by atoms with E-state index < -0.39 is 5.97 Å². The van der Waals surface area contributed by atoms with Crippen LogP contribution in [0.3, 0.4) is 0 Å². The minimum absolute atomic E-state index is 0.0243. The van der Waals surface area contributed by atoms with Crippen molar-refractivity contribution in [2.45, 2.75) is 6.42 Å². The molecule has 4 aromatic rings. The number of nitrogens with zero attached hydrogens (tertiary/aromatic N) is 2. The molecule has 0 fully saturated rings. The summed E-state index contributed by atoms with van der Waals surface area (Å²) in [6.45, 7) is 0.719. The van der Waals surface area contributed by atoms with Gasteiger partial charge in [-0.1, -0.05) is 12.1 Å². The van der Waals surface area contributed by atoms with Gasteiger partial charge in [0.05, 0.1) is 19.9 Å². The summed E-state index contributed by atoms with van der Waals surface area (Å²) in [6, 6.07) is 13.7. The van der Waals surface area contributed by atoms with E-state index in [0.29, 0.717) is 17.1 Å². The molecule has 0 radical (unpaired) electrons. The van der Waals surface area contributed by atoms with E-state index >= 15 is 0 Å². The first-order chi connectivity index (χ1) is 15.1. The monoisotopic (exact) mass is 435 g/mol.